The Labute approximate surface area is 120 Å². The number of carbonyl (C=O) groups excluding carboxylic acids is 1. The van der Waals surface area contributed by atoms with E-state index < -0.39 is 5.97 Å². The average molecular weight is 283 g/mol. The van der Waals surface area contributed by atoms with Gasteiger partial charge in [-0.15, -0.1) is 10.2 Å². The Bertz CT molecular complexity index is 839. The molecule has 0 spiro atoms. The molecule has 0 saturated carbocycles. The lowest BCUT2D eigenvalue weighted by atomic mass is 10.1. The first-order valence-corrected chi connectivity index (χ1v) is 6.33. The first kappa shape index (κ1) is 13.1. The van der Waals surface area contributed by atoms with E-state index in [-0.39, 0.29) is 5.75 Å². The number of fused-ring (bicyclic) bond motifs is 1. The van der Waals surface area contributed by atoms with Crippen LogP contribution in [0.4, 0.5) is 0 Å². The van der Waals surface area contributed by atoms with Crippen molar-refractivity contribution in [1.82, 2.24) is 14.6 Å². The number of esters is 1. The van der Waals surface area contributed by atoms with Crippen LogP contribution in [0.25, 0.3) is 17.0 Å². The molecule has 0 radical (unpaired) electrons. The van der Waals surface area contributed by atoms with Gasteiger partial charge >= 0.3 is 5.97 Å². The van der Waals surface area contributed by atoms with Crippen LogP contribution in [0.1, 0.15) is 15.9 Å². The number of aryl methyl sites for hydroxylation is 1. The van der Waals surface area contributed by atoms with Gasteiger partial charge in [0, 0.05) is 11.8 Å². The fourth-order valence-corrected chi connectivity index (χ4v) is 2.21. The molecule has 3 aromatic rings. The van der Waals surface area contributed by atoms with E-state index in [4.69, 9.17) is 4.74 Å². The average Bonchev–Trinajstić information content (AvgIpc) is 2.89. The summed E-state index contributed by atoms with van der Waals surface area (Å²) in [5, 5.41) is 17.7. The lowest BCUT2D eigenvalue weighted by Crippen LogP contribution is -2.03. The molecule has 1 N–H and O–H groups in total. The molecule has 6 heteroatoms. The smallest absolute Gasteiger partial charge is 0.339 e. The highest BCUT2D eigenvalue weighted by atomic mass is 16.5. The number of nitrogens with zero attached hydrogens (tertiary/aromatic N) is 3. The zero-order chi connectivity index (χ0) is 15.0. The standard InChI is InChI=1S/C15H13N3O3/c1-9-7-11(19)4-5-12(9)14-17-16-13-6-3-10(8-18(13)14)15(20)21-2/h3-8,19H,1-2H3. The minimum atomic E-state index is -0.418. The molecule has 0 fully saturated rings. The molecule has 0 amide bonds. The summed E-state index contributed by atoms with van der Waals surface area (Å²) < 4.78 is 6.45. The number of phenolic OH excluding ortho intramolecular Hbond substituents is 1. The van der Waals surface area contributed by atoms with Crippen LogP contribution >= 0.6 is 0 Å². The number of aromatic hydroxyl groups is 1. The van der Waals surface area contributed by atoms with Gasteiger partial charge in [-0.1, -0.05) is 0 Å². The molecule has 0 aliphatic rings. The predicted octanol–water partition coefficient (Wildman–Crippen LogP) is 2.20. The second-order valence-electron chi connectivity index (χ2n) is 4.66. The molecule has 0 saturated heterocycles. The molecule has 106 valence electrons. The lowest BCUT2D eigenvalue weighted by molar-refractivity contribution is 0.0600. The summed E-state index contributed by atoms with van der Waals surface area (Å²) >= 11 is 0. The van der Waals surface area contributed by atoms with Gasteiger partial charge in [-0.3, -0.25) is 4.40 Å². The van der Waals surface area contributed by atoms with Gasteiger partial charge in [-0.05, 0) is 42.8 Å². The normalized spacial score (nSPS) is 10.8. The van der Waals surface area contributed by atoms with Crippen LogP contribution in [0.15, 0.2) is 36.5 Å². The van der Waals surface area contributed by atoms with Crippen molar-refractivity contribution in [2.45, 2.75) is 6.92 Å². The third-order valence-corrected chi connectivity index (χ3v) is 3.27. The van der Waals surface area contributed by atoms with Gasteiger partial charge in [-0.2, -0.15) is 0 Å². The Morgan fingerprint density at radius 2 is 2.05 bits per heavy atom. The van der Waals surface area contributed by atoms with Crippen LogP contribution in [0.2, 0.25) is 0 Å². The van der Waals surface area contributed by atoms with Crippen LogP contribution in [-0.4, -0.2) is 32.8 Å². The van der Waals surface area contributed by atoms with Crippen LogP contribution in [-0.2, 0) is 4.74 Å². The fourth-order valence-electron chi connectivity index (χ4n) is 2.21. The molecule has 0 unspecified atom stereocenters. The van der Waals surface area contributed by atoms with E-state index in [0.29, 0.717) is 17.0 Å². The second-order valence-corrected chi connectivity index (χ2v) is 4.66. The number of carbonyl (C=O) groups is 1. The highest BCUT2D eigenvalue weighted by Gasteiger charge is 2.13. The number of ether oxygens (including phenoxy) is 1. The van der Waals surface area contributed by atoms with E-state index in [1.54, 1.807) is 40.9 Å². The van der Waals surface area contributed by atoms with Crippen molar-refractivity contribution in [3.05, 3.63) is 47.7 Å². The van der Waals surface area contributed by atoms with E-state index in [0.717, 1.165) is 11.1 Å². The summed E-state index contributed by atoms with van der Waals surface area (Å²) in [6, 6.07) is 8.36. The van der Waals surface area contributed by atoms with Crippen molar-refractivity contribution in [2.24, 2.45) is 0 Å². The van der Waals surface area contributed by atoms with Crippen molar-refractivity contribution in [1.29, 1.82) is 0 Å². The second kappa shape index (κ2) is 4.90. The van der Waals surface area contributed by atoms with Gasteiger partial charge in [0.05, 0.1) is 12.7 Å². The minimum Gasteiger partial charge on any atom is -0.508 e. The van der Waals surface area contributed by atoms with E-state index in [9.17, 15) is 9.90 Å². The van der Waals surface area contributed by atoms with Crippen molar-refractivity contribution in [2.75, 3.05) is 7.11 Å². The fraction of sp³-hybridized carbons (Fsp3) is 0.133. The maximum absolute atomic E-state index is 11.6. The van der Waals surface area contributed by atoms with E-state index in [2.05, 4.69) is 10.2 Å². The van der Waals surface area contributed by atoms with Crippen LogP contribution in [0.3, 0.4) is 0 Å². The number of aromatic nitrogens is 3. The molecule has 21 heavy (non-hydrogen) atoms. The third-order valence-electron chi connectivity index (χ3n) is 3.27. The Kier molecular flexibility index (Phi) is 3.06. The number of methoxy groups -OCH3 is 1. The maximum Gasteiger partial charge on any atom is 0.339 e. The number of phenols is 1. The van der Waals surface area contributed by atoms with Gasteiger partial charge in [0.1, 0.15) is 5.75 Å². The number of pyridine rings is 1. The van der Waals surface area contributed by atoms with Crippen molar-refractivity contribution in [3.8, 4) is 17.1 Å². The zero-order valence-corrected chi connectivity index (χ0v) is 11.6. The van der Waals surface area contributed by atoms with Gasteiger partial charge in [0.25, 0.3) is 0 Å². The molecular weight excluding hydrogens is 270 g/mol. The van der Waals surface area contributed by atoms with Gasteiger partial charge < -0.3 is 9.84 Å². The van der Waals surface area contributed by atoms with Crippen LogP contribution in [0, 0.1) is 6.92 Å². The molecule has 0 aliphatic heterocycles. The number of hydrogen-bond acceptors (Lipinski definition) is 5. The number of rotatable bonds is 2. The van der Waals surface area contributed by atoms with E-state index in [1.807, 2.05) is 6.92 Å². The summed E-state index contributed by atoms with van der Waals surface area (Å²) in [5.74, 6) is 0.382. The lowest BCUT2D eigenvalue weighted by Gasteiger charge is -2.06. The van der Waals surface area contributed by atoms with Gasteiger partial charge in [-0.25, -0.2) is 4.79 Å². The summed E-state index contributed by atoms with van der Waals surface area (Å²) in [6.07, 6.45) is 1.64. The van der Waals surface area contributed by atoms with Gasteiger partial charge in [0.2, 0.25) is 0 Å². The molecule has 0 atom stereocenters. The van der Waals surface area contributed by atoms with E-state index >= 15 is 0 Å². The van der Waals surface area contributed by atoms with Gasteiger partial charge in [0.15, 0.2) is 11.5 Å². The topological polar surface area (TPSA) is 76.7 Å². The summed E-state index contributed by atoms with van der Waals surface area (Å²) in [7, 11) is 1.34. The first-order chi connectivity index (χ1) is 10.1. The molecule has 6 nitrogen and oxygen atoms in total. The minimum absolute atomic E-state index is 0.195. The summed E-state index contributed by atoms with van der Waals surface area (Å²) in [6.45, 7) is 1.88. The summed E-state index contributed by atoms with van der Waals surface area (Å²) in [5.41, 5.74) is 2.75. The Morgan fingerprint density at radius 1 is 1.24 bits per heavy atom. The summed E-state index contributed by atoms with van der Waals surface area (Å²) in [4.78, 5) is 11.6. The van der Waals surface area contributed by atoms with Crippen LogP contribution < -0.4 is 0 Å². The first-order valence-electron chi connectivity index (χ1n) is 6.33. The molecule has 2 heterocycles. The molecule has 0 aliphatic carbocycles. The molecular formula is C15H13N3O3. The quantitative estimate of drug-likeness (QED) is 0.729. The molecule has 0 bridgehead atoms. The van der Waals surface area contributed by atoms with Crippen molar-refractivity contribution < 1.29 is 14.6 Å². The van der Waals surface area contributed by atoms with E-state index in [1.165, 1.54) is 7.11 Å². The number of benzene rings is 1. The van der Waals surface area contributed by atoms with Crippen molar-refractivity contribution >= 4 is 11.6 Å². The Balaban J connectivity index is 2.20. The Hall–Kier alpha value is -2.89. The van der Waals surface area contributed by atoms with Crippen molar-refractivity contribution in [3.63, 3.8) is 0 Å². The highest BCUT2D eigenvalue weighted by Crippen LogP contribution is 2.25. The monoisotopic (exact) mass is 283 g/mol. The third kappa shape index (κ3) is 2.20. The zero-order valence-electron chi connectivity index (χ0n) is 11.6. The molecule has 2 aromatic heterocycles. The van der Waals surface area contributed by atoms with Crippen LogP contribution in [0.5, 0.6) is 5.75 Å². The Morgan fingerprint density at radius 3 is 2.76 bits per heavy atom. The largest absolute Gasteiger partial charge is 0.508 e. The number of hydrogen-bond donors (Lipinski definition) is 1. The predicted molar refractivity (Wildman–Crippen MR) is 76.2 cm³/mol. The molecule has 3 rings (SSSR count). The molecule has 1 aromatic carbocycles. The highest BCUT2D eigenvalue weighted by molar-refractivity contribution is 5.89. The SMILES string of the molecule is COC(=O)c1ccc2nnc(-c3ccc(O)cc3C)n2c1. The maximum atomic E-state index is 11.6.